The maximum absolute atomic E-state index is 6.34. The first kappa shape index (κ1) is 19.6. The summed E-state index contributed by atoms with van der Waals surface area (Å²) >= 11 is 6.34. The van der Waals surface area contributed by atoms with Gasteiger partial charge in [-0.1, -0.05) is 17.7 Å². The summed E-state index contributed by atoms with van der Waals surface area (Å²) in [7, 11) is 4.10. The number of anilines is 1. The van der Waals surface area contributed by atoms with Crippen LogP contribution in [0.4, 0.5) is 11.4 Å². The average Bonchev–Trinajstić information content (AvgIpc) is 3.33. The zero-order chi connectivity index (χ0) is 20.4. The molecular weight excluding hydrogens is 384 g/mol. The normalized spacial score (nSPS) is 15.4. The van der Waals surface area contributed by atoms with Crippen LogP contribution in [0.3, 0.4) is 0 Å². The Bertz CT molecular complexity index is 1030. The van der Waals surface area contributed by atoms with E-state index in [-0.39, 0.29) is 5.92 Å². The molecule has 2 heterocycles. The number of hydrogen-bond donors (Lipinski definition) is 1. The number of halogens is 1. The smallest absolute Gasteiger partial charge is 0.196 e. The lowest BCUT2D eigenvalue weighted by molar-refractivity contribution is -0.540. The van der Waals surface area contributed by atoms with Crippen molar-refractivity contribution < 1.29 is 14.5 Å². The minimum atomic E-state index is 0.223. The summed E-state index contributed by atoms with van der Waals surface area (Å²) in [5, 5.41) is 2.88. The summed E-state index contributed by atoms with van der Waals surface area (Å²) in [6.45, 7) is 2.08. The standard InChI is InChI=1S/C24H25ClN2O2/c1-16-6-10-22-23(13-16)29-24(27(22)3)11-7-17(14-19-5-4-12-28-19)20-15-18(25)8-9-21(20)26-2/h4-6,8-13,15,17,26H,7,14H2,1-3H3/p+1/b24-11-. The molecule has 0 aliphatic carbocycles. The third-order valence-electron chi connectivity index (χ3n) is 5.43. The molecule has 2 aromatic carbocycles. The molecule has 0 spiro atoms. The van der Waals surface area contributed by atoms with Crippen LogP contribution in [0, 0.1) is 6.92 Å². The van der Waals surface area contributed by atoms with Crippen LogP contribution < -0.4 is 15.0 Å². The van der Waals surface area contributed by atoms with E-state index in [2.05, 4.69) is 60.6 Å². The van der Waals surface area contributed by atoms with E-state index in [0.29, 0.717) is 0 Å². The van der Waals surface area contributed by atoms with Gasteiger partial charge in [0, 0.05) is 36.0 Å². The molecule has 1 aliphatic heterocycles. The highest BCUT2D eigenvalue weighted by molar-refractivity contribution is 6.30. The number of allylic oxidation sites excluding steroid dienone is 1. The second-order valence-corrected chi connectivity index (χ2v) is 7.89. The second-order valence-electron chi connectivity index (χ2n) is 7.45. The Morgan fingerprint density at radius 2 is 2.03 bits per heavy atom. The zero-order valence-electron chi connectivity index (χ0n) is 17.0. The van der Waals surface area contributed by atoms with Crippen LogP contribution in [-0.4, -0.2) is 14.1 Å². The SMILES string of the molecule is C[NH2+]c1ccc(Cl)cc1C(C/C=C1\Oc2cc(C)ccc2N1C)Cc1ccco1. The monoisotopic (exact) mass is 409 g/mol. The summed E-state index contributed by atoms with van der Waals surface area (Å²) in [6, 6.07) is 16.3. The predicted molar refractivity (Wildman–Crippen MR) is 117 cm³/mol. The molecule has 150 valence electrons. The summed E-state index contributed by atoms with van der Waals surface area (Å²) in [5.41, 5.74) is 4.71. The third kappa shape index (κ3) is 4.19. The van der Waals surface area contributed by atoms with Gasteiger partial charge >= 0.3 is 0 Å². The Morgan fingerprint density at radius 1 is 1.17 bits per heavy atom. The lowest BCUT2D eigenvalue weighted by Gasteiger charge is -2.18. The maximum Gasteiger partial charge on any atom is 0.196 e. The number of furan rings is 1. The minimum absolute atomic E-state index is 0.223. The molecule has 1 aromatic heterocycles. The van der Waals surface area contributed by atoms with E-state index in [4.69, 9.17) is 20.8 Å². The van der Waals surface area contributed by atoms with Crippen molar-refractivity contribution in [2.45, 2.75) is 25.7 Å². The van der Waals surface area contributed by atoms with Gasteiger partial charge in [0.05, 0.1) is 19.0 Å². The van der Waals surface area contributed by atoms with E-state index in [1.54, 1.807) is 6.26 Å². The van der Waals surface area contributed by atoms with Crippen LogP contribution in [0.1, 0.15) is 29.2 Å². The topological polar surface area (TPSA) is 42.2 Å². The minimum Gasteiger partial charge on any atom is -0.469 e. The quantitative estimate of drug-likeness (QED) is 0.572. The fourth-order valence-electron chi connectivity index (χ4n) is 3.86. The second kappa shape index (κ2) is 8.36. The molecular formula is C24H26ClN2O2+. The van der Waals surface area contributed by atoms with Crippen LogP contribution >= 0.6 is 11.6 Å². The number of ether oxygens (including phenoxy) is 1. The number of rotatable bonds is 6. The van der Waals surface area contributed by atoms with E-state index < -0.39 is 0 Å². The Balaban J connectivity index is 1.63. The molecule has 4 rings (SSSR count). The van der Waals surface area contributed by atoms with Gasteiger partial charge in [-0.25, -0.2) is 0 Å². The highest BCUT2D eigenvalue weighted by atomic mass is 35.5. The van der Waals surface area contributed by atoms with Crippen LogP contribution in [0.2, 0.25) is 5.02 Å². The van der Waals surface area contributed by atoms with E-state index >= 15 is 0 Å². The number of nitrogens with zero attached hydrogens (tertiary/aromatic N) is 1. The number of aryl methyl sites for hydroxylation is 1. The van der Waals surface area contributed by atoms with Gasteiger partial charge in [0.1, 0.15) is 11.4 Å². The van der Waals surface area contributed by atoms with E-state index in [9.17, 15) is 0 Å². The third-order valence-corrected chi connectivity index (χ3v) is 5.66. The van der Waals surface area contributed by atoms with Crippen molar-refractivity contribution in [3.8, 4) is 5.75 Å². The van der Waals surface area contributed by atoms with Crippen molar-refractivity contribution in [1.82, 2.24) is 0 Å². The van der Waals surface area contributed by atoms with E-state index in [1.165, 1.54) is 16.8 Å². The average molecular weight is 410 g/mol. The van der Waals surface area contributed by atoms with Crippen LogP contribution in [0.5, 0.6) is 5.75 Å². The molecule has 29 heavy (non-hydrogen) atoms. The van der Waals surface area contributed by atoms with E-state index in [1.807, 2.05) is 25.2 Å². The molecule has 0 saturated carbocycles. The van der Waals surface area contributed by atoms with Crippen molar-refractivity contribution >= 4 is 23.0 Å². The predicted octanol–water partition coefficient (Wildman–Crippen LogP) is 5.15. The van der Waals surface area contributed by atoms with Gasteiger partial charge < -0.3 is 19.4 Å². The Kier molecular flexibility index (Phi) is 5.65. The van der Waals surface area contributed by atoms with Gasteiger partial charge in [-0.05, 0) is 61.4 Å². The molecule has 1 unspecified atom stereocenters. The van der Waals surface area contributed by atoms with Gasteiger partial charge in [-0.2, -0.15) is 0 Å². The molecule has 0 bridgehead atoms. The highest BCUT2D eigenvalue weighted by Crippen LogP contribution is 2.39. The molecule has 1 aliphatic rings. The number of fused-ring (bicyclic) bond motifs is 1. The van der Waals surface area contributed by atoms with Crippen LogP contribution in [0.15, 0.2) is 71.2 Å². The van der Waals surface area contributed by atoms with E-state index in [0.717, 1.165) is 40.9 Å². The number of benzene rings is 2. The summed E-state index contributed by atoms with van der Waals surface area (Å²) in [4.78, 5) is 2.10. The van der Waals surface area contributed by atoms with Crippen molar-refractivity contribution in [1.29, 1.82) is 0 Å². The van der Waals surface area contributed by atoms with Crippen molar-refractivity contribution in [2.24, 2.45) is 0 Å². The lowest BCUT2D eigenvalue weighted by atomic mass is 9.90. The van der Waals surface area contributed by atoms with Gasteiger partial charge in [0.2, 0.25) is 0 Å². The first-order valence-electron chi connectivity index (χ1n) is 9.88. The molecule has 0 fully saturated rings. The Labute approximate surface area is 176 Å². The first-order chi connectivity index (χ1) is 14.0. The number of quaternary nitrogens is 1. The zero-order valence-corrected chi connectivity index (χ0v) is 17.7. The number of hydrogen-bond acceptors (Lipinski definition) is 3. The Morgan fingerprint density at radius 3 is 2.79 bits per heavy atom. The fraction of sp³-hybridized carbons (Fsp3) is 0.250. The molecule has 0 amide bonds. The molecule has 2 N–H and O–H groups in total. The van der Waals surface area contributed by atoms with Crippen LogP contribution in [0.25, 0.3) is 0 Å². The molecule has 0 saturated heterocycles. The maximum atomic E-state index is 6.34. The lowest BCUT2D eigenvalue weighted by Crippen LogP contribution is -2.73. The van der Waals surface area contributed by atoms with Gasteiger partial charge in [0.15, 0.2) is 11.6 Å². The molecule has 5 heteroatoms. The van der Waals surface area contributed by atoms with Gasteiger partial charge in [-0.3, -0.25) is 0 Å². The van der Waals surface area contributed by atoms with Crippen molar-refractivity contribution in [3.05, 3.63) is 88.7 Å². The fourth-order valence-corrected chi connectivity index (χ4v) is 4.04. The number of nitrogens with two attached hydrogens (primary N) is 1. The Hall–Kier alpha value is -2.69. The highest BCUT2D eigenvalue weighted by Gasteiger charge is 2.25. The summed E-state index contributed by atoms with van der Waals surface area (Å²) in [5.74, 6) is 2.96. The molecule has 4 nitrogen and oxygen atoms in total. The van der Waals surface area contributed by atoms with Gasteiger partial charge in [0.25, 0.3) is 0 Å². The molecule has 0 radical (unpaired) electrons. The molecule has 1 atom stereocenters. The largest absolute Gasteiger partial charge is 0.469 e. The molecule has 3 aromatic rings. The van der Waals surface area contributed by atoms with Crippen LogP contribution in [-0.2, 0) is 6.42 Å². The van der Waals surface area contributed by atoms with Gasteiger partial charge in [-0.15, -0.1) is 0 Å². The first-order valence-corrected chi connectivity index (χ1v) is 10.3. The van der Waals surface area contributed by atoms with Crippen molar-refractivity contribution in [2.75, 3.05) is 19.0 Å². The van der Waals surface area contributed by atoms with Crippen molar-refractivity contribution in [3.63, 3.8) is 0 Å². The summed E-state index contributed by atoms with van der Waals surface area (Å²) < 4.78 is 11.8. The summed E-state index contributed by atoms with van der Waals surface area (Å²) in [6.07, 6.45) is 5.51.